The number of carboxylic acid groups (broad SMARTS) is 1. The van der Waals surface area contributed by atoms with E-state index in [2.05, 4.69) is 10.6 Å². The second-order valence-corrected chi connectivity index (χ2v) is 4.69. The molecule has 0 saturated heterocycles. The van der Waals surface area contributed by atoms with Gasteiger partial charge in [-0.1, -0.05) is 13.3 Å². The zero-order valence-electron chi connectivity index (χ0n) is 11.9. The second-order valence-electron chi connectivity index (χ2n) is 4.69. The summed E-state index contributed by atoms with van der Waals surface area (Å²) in [6, 6.07) is 1.53. The molecule has 0 aliphatic carbocycles. The van der Waals surface area contributed by atoms with Crippen LogP contribution in [0.2, 0.25) is 0 Å². The molecule has 0 fully saturated rings. The number of carbonyl (C=O) groups excluding carboxylic acids is 2. The summed E-state index contributed by atoms with van der Waals surface area (Å²) in [5, 5.41) is 14.0. The molecule has 7 heteroatoms. The third-order valence-corrected chi connectivity index (χ3v) is 3.05. The van der Waals surface area contributed by atoms with Crippen molar-refractivity contribution in [1.29, 1.82) is 0 Å². The summed E-state index contributed by atoms with van der Waals surface area (Å²) in [6.45, 7) is 2.42. The maximum atomic E-state index is 11.6. The summed E-state index contributed by atoms with van der Waals surface area (Å²) in [4.78, 5) is 33.7. The van der Waals surface area contributed by atoms with Gasteiger partial charge in [0.05, 0.1) is 11.8 Å². The minimum Gasteiger partial charge on any atom is -0.481 e. The van der Waals surface area contributed by atoms with Crippen LogP contribution in [0.4, 0.5) is 0 Å². The molecular formula is C14H20N2O5. The maximum absolute atomic E-state index is 11.6. The Labute approximate surface area is 122 Å². The molecule has 0 spiro atoms. The Balaban J connectivity index is 2.19. The van der Waals surface area contributed by atoms with Gasteiger partial charge in [0.25, 0.3) is 5.91 Å². The highest BCUT2D eigenvalue weighted by Gasteiger charge is 2.13. The number of nitrogens with one attached hydrogen (secondary N) is 2. The molecule has 1 aromatic rings. The van der Waals surface area contributed by atoms with Crippen molar-refractivity contribution in [3.8, 4) is 0 Å². The van der Waals surface area contributed by atoms with Crippen LogP contribution in [-0.2, 0) is 9.59 Å². The molecule has 1 atom stereocenters. The van der Waals surface area contributed by atoms with Crippen LogP contribution in [0.15, 0.2) is 23.0 Å². The lowest BCUT2D eigenvalue weighted by Gasteiger charge is -2.13. The van der Waals surface area contributed by atoms with E-state index in [1.807, 2.05) is 6.92 Å². The lowest BCUT2D eigenvalue weighted by molar-refractivity contribution is -0.138. The van der Waals surface area contributed by atoms with Crippen molar-refractivity contribution in [3.63, 3.8) is 0 Å². The summed E-state index contributed by atoms with van der Waals surface area (Å²) in [7, 11) is 0. The van der Waals surface area contributed by atoms with Gasteiger partial charge in [-0.05, 0) is 12.0 Å². The normalized spacial score (nSPS) is 11.7. The van der Waals surface area contributed by atoms with Gasteiger partial charge in [-0.2, -0.15) is 0 Å². The number of furan rings is 1. The van der Waals surface area contributed by atoms with Crippen molar-refractivity contribution in [2.24, 2.45) is 5.92 Å². The van der Waals surface area contributed by atoms with Gasteiger partial charge in [0, 0.05) is 25.9 Å². The van der Waals surface area contributed by atoms with E-state index >= 15 is 0 Å². The van der Waals surface area contributed by atoms with Gasteiger partial charge < -0.3 is 20.2 Å². The largest absolute Gasteiger partial charge is 0.481 e. The second kappa shape index (κ2) is 8.78. The molecule has 1 rings (SSSR count). The number of carbonyl (C=O) groups is 3. The van der Waals surface area contributed by atoms with Crippen molar-refractivity contribution in [3.05, 3.63) is 24.2 Å². The first-order chi connectivity index (χ1) is 10.0. The van der Waals surface area contributed by atoms with Crippen LogP contribution in [0, 0.1) is 5.92 Å². The van der Waals surface area contributed by atoms with Crippen molar-refractivity contribution in [1.82, 2.24) is 10.6 Å². The molecule has 21 heavy (non-hydrogen) atoms. The van der Waals surface area contributed by atoms with Gasteiger partial charge >= 0.3 is 5.97 Å². The van der Waals surface area contributed by atoms with E-state index in [0.717, 1.165) is 0 Å². The quantitative estimate of drug-likeness (QED) is 0.630. The molecule has 1 unspecified atom stereocenters. The SMILES string of the molecule is CCC(CNC(=O)CCNC(=O)c1ccoc1)CC(=O)O. The van der Waals surface area contributed by atoms with Crippen molar-refractivity contribution >= 4 is 17.8 Å². The van der Waals surface area contributed by atoms with E-state index in [1.54, 1.807) is 0 Å². The fraction of sp³-hybridized carbons (Fsp3) is 0.500. The Morgan fingerprint density at radius 2 is 2.10 bits per heavy atom. The topological polar surface area (TPSA) is 109 Å². The molecule has 2 amide bonds. The Morgan fingerprint density at radius 1 is 1.33 bits per heavy atom. The molecule has 3 N–H and O–H groups in total. The zero-order valence-corrected chi connectivity index (χ0v) is 11.9. The summed E-state index contributed by atoms with van der Waals surface area (Å²) in [5.74, 6) is -1.46. The molecule has 0 aliphatic heterocycles. The van der Waals surface area contributed by atoms with Crippen LogP contribution in [0.1, 0.15) is 36.5 Å². The summed E-state index contributed by atoms with van der Waals surface area (Å²) in [6.07, 6.45) is 3.59. The number of rotatable bonds is 9. The zero-order chi connectivity index (χ0) is 15.7. The molecule has 0 aliphatic rings. The van der Waals surface area contributed by atoms with E-state index < -0.39 is 5.97 Å². The Kier molecular flexibility index (Phi) is 7.00. The first-order valence-electron chi connectivity index (χ1n) is 6.81. The van der Waals surface area contributed by atoms with Gasteiger partial charge in [0.2, 0.25) is 5.91 Å². The fourth-order valence-corrected chi connectivity index (χ4v) is 1.74. The number of hydrogen-bond donors (Lipinski definition) is 3. The lowest BCUT2D eigenvalue weighted by atomic mass is 10.0. The molecule has 116 valence electrons. The van der Waals surface area contributed by atoms with Gasteiger partial charge in [0.1, 0.15) is 6.26 Å². The Bertz CT molecular complexity index is 470. The number of aliphatic carboxylic acids is 1. The van der Waals surface area contributed by atoms with Gasteiger partial charge in [-0.25, -0.2) is 0 Å². The van der Waals surface area contributed by atoms with Crippen LogP contribution < -0.4 is 10.6 Å². The molecule has 0 radical (unpaired) electrons. The van der Waals surface area contributed by atoms with Crippen LogP contribution in [0.3, 0.4) is 0 Å². The van der Waals surface area contributed by atoms with E-state index in [4.69, 9.17) is 9.52 Å². The van der Waals surface area contributed by atoms with E-state index in [1.165, 1.54) is 18.6 Å². The van der Waals surface area contributed by atoms with E-state index in [-0.39, 0.29) is 37.1 Å². The third-order valence-electron chi connectivity index (χ3n) is 3.05. The lowest BCUT2D eigenvalue weighted by Crippen LogP contribution is -2.33. The first kappa shape index (κ1) is 16.7. The van der Waals surface area contributed by atoms with Crippen molar-refractivity contribution in [2.45, 2.75) is 26.2 Å². The third kappa shape index (κ3) is 6.60. The van der Waals surface area contributed by atoms with Crippen LogP contribution in [-0.4, -0.2) is 36.0 Å². The number of hydrogen-bond acceptors (Lipinski definition) is 4. The smallest absolute Gasteiger partial charge is 0.303 e. The monoisotopic (exact) mass is 296 g/mol. The number of carboxylic acids is 1. The van der Waals surface area contributed by atoms with Gasteiger partial charge in [0.15, 0.2) is 0 Å². The van der Waals surface area contributed by atoms with Crippen LogP contribution in [0.25, 0.3) is 0 Å². The van der Waals surface area contributed by atoms with E-state index in [0.29, 0.717) is 18.5 Å². The molecule has 1 aromatic heterocycles. The average molecular weight is 296 g/mol. The molecule has 0 aromatic carbocycles. The molecule has 7 nitrogen and oxygen atoms in total. The highest BCUT2D eigenvalue weighted by atomic mass is 16.4. The molecular weight excluding hydrogens is 276 g/mol. The average Bonchev–Trinajstić information content (AvgIpc) is 2.97. The van der Waals surface area contributed by atoms with Crippen molar-refractivity contribution < 1.29 is 23.9 Å². The fourth-order valence-electron chi connectivity index (χ4n) is 1.74. The number of amides is 2. The van der Waals surface area contributed by atoms with Crippen LogP contribution >= 0.6 is 0 Å². The first-order valence-corrected chi connectivity index (χ1v) is 6.81. The highest BCUT2D eigenvalue weighted by Crippen LogP contribution is 2.06. The maximum Gasteiger partial charge on any atom is 0.303 e. The van der Waals surface area contributed by atoms with E-state index in [9.17, 15) is 14.4 Å². The van der Waals surface area contributed by atoms with Crippen LogP contribution in [0.5, 0.6) is 0 Å². The van der Waals surface area contributed by atoms with Gasteiger partial charge in [-0.15, -0.1) is 0 Å². The molecule has 0 saturated carbocycles. The van der Waals surface area contributed by atoms with Crippen molar-refractivity contribution in [2.75, 3.05) is 13.1 Å². The molecule has 0 bridgehead atoms. The highest BCUT2D eigenvalue weighted by molar-refractivity contribution is 5.94. The standard InChI is InChI=1S/C14H20N2O5/c1-2-10(7-13(18)19)8-16-12(17)3-5-15-14(20)11-4-6-21-9-11/h4,6,9-10H,2-3,5,7-8H2,1H3,(H,15,20)(H,16,17)(H,18,19). The predicted octanol–water partition coefficient (Wildman–Crippen LogP) is 1.02. The Hall–Kier alpha value is -2.31. The minimum absolute atomic E-state index is 0.0357. The summed E-state index contributed by atoms with van der Waals surface area (Å²) < 4.78 is 4.78. The predicted molar refractivity (Wildman–Crippen MR) is 74.7 cm³/mol. The summed E-state index contributed by atoms with van der Waals surface area (Å²) in [5.41, 5.74) is 0.405. The Morgan fingerprint density at radius 3 is 2.67 bits per heavy atom. The minimum atomic E-state index is -0.872. The van der Waals surface area contributed by atoms with Gasteiger partial charge in [-0.3, -0.25) is 14.4 Å². The molecule has 1 heterocycles. The summed E-state index contributed by atoms with van der Waals surface area (Å²) >= 11 is 0.